The van der Waals surface area contributed by atoms with Gasteiger partial charge in [0.25, 0.3) is 0 Å². The van der Waals surface area contributed by atoms with Gasteiger partial charge in [0.1, 0.15) is 0 Å². The molecule has 84 valence electrons. The zero-order valence-electron chi connectivity index (χ0n) is 7.34. The van der Waals surface area contributed by atoms with Gasteiger partial charge in [0.15, 0.2) is 0 Å². The van der Waals surface area contributed by atoms with Gasteiger partial charge >= 0.3 is 16.5 Å². The van der Waals surface area contributed by atoms with E-state index in [4.69, 9.17) is 33.8 Å². The van der Waals surface area contributed by atoms with Crippen LogP contribution < -0.4 is 0 Å². The van der Waals surface area contributed by atoms with Crippen LogP contribution >= 0.6 is 16.5 Å². The van der Waals surface area contributed by atoms with E-state index < -0.39 is 16.5 Å². The third-order valence-electron chi connectivity index (χ3n) is 0.591. The van der Waals surface area contributed by atoms with Gasteiger partial charge in [-0.3, -0.25) is 9.13 Å². The molecule has 0 spiro atoms. The molecule has 0 aromatic rings. The summed E-state index contributed by atoms with van der Waals surface area (Å²) in [7, 11) is -6.26. The quantitative estimate of drug-likeness (QED) is 0.388. The third-order valence-corrected chi connectivity index (χ3v) is 0.591. The monoisotopic (exact) mass is 238 g/mol. The fourth-order valence-corrected chi connectivity index (χ4v) is 0. The van der Waals surface area contributed by atoms with E-state index in [0.717, 1.165) is 6.42 Å². The zero-order valence-corrected chi connectivity index (χ0v) is 9.34. The molecule has 1 unspecified atom stereocenters. The summed E-state index contributed by atoms with van der Waals surface area (Å²) in [5.74, 6) is 0. The molecule has 0 radical (unpaired) electrons. The first kappa shape index (κ1) is 18.9. The first-order valence-electron chi connectivity index (χ1n) is 3.25. The highest BCUT2D eigenvalue weighted by Crippen LogP contribution is 1.98. The normalized spacial score (nSPS) is 11.2. The van der Waals surface area contributed by atoms with Crippen LogP contribution in [0.3, 0.4) is 0 Å². The molecule has 0 saturated heterocycles. The van der Waals surface area contributed by atoms with Crippen molar-refractivity contribution in [2.75, 3.05) is 0 Å². The number of rotatable bonds is 1. The molecule has 0 amide bonds. The van der Waals surface area contributed by atoms with Crippen LogP contribution in [0.2, 0.25) is 0 Å². The Balaban J connectivity index is -0.000000117. The lowest BCUT2D eigenvalue weighted by molar-refractivity contribution is 0.191. The van der Waals surface area contributed by atoms with Gasteiger partial charge in [0.05, 0.1) is 6.10 Å². The lowest BCUT2D eigenvalue weighted by Crippen LogP contribution is -1.93. The molecular weight excluding hydrogens is 222 g/mol. The van der Waals surface area contributed by atoms with Crippen molar-refractivity contribution >= 4 is 16.5 Å². The Morgan fingerprint density at radius 1 is 1.08 bits per heavy atom. The van der Waals surface area contributed by atoms with E-state index in [1.54, 1.807) is 6.92 Å². The molecular formula is C4H16O7P2. The first-order valence-corrected chi connectivity index (χ1v) is 5.86. The highest BCUT2D eigenvalue weighted by atomic mass is 31.1. The number of aliphatic hydroxyl groups excluding tert-OH is 1. The lowest BCUT2D eigenvalue weighted by atomic mass is 10.3. The second-order valence-electron chi connectivity index (χ2n) is 1.82. The van der Waals surface area contributed by atoms with Crippen molar-refractivity contribution in [1.82, 2.24) is 0 Å². The predicted octanol–water partition coefficient (Wildman–Crippen LogP) is -0.501. The zero-order chi connectivity index (χ0) is 11.4. The van der Waals surface area contributed by atoms with Crippen LogP contribution in [0.1, 0.15) is 20.3 Å². The highest BCUT2D eigenvalue weighted by Gasteiger charge is 1.81. The number of hydrogen-bond donors (Lipinski definition) is 5. The fraction of sp³-hybridized carbons (Fsp3) is 1.00. The Hall–Kier alpha value is 0.260. The molecule has 0 aromatic heterocycles. The van der Waals surface area contributed by atoms with Gasteiger partial charge in [0.2, 0.25) is 0 Å². The van der Waals surface area contributed by atoms with Crippen LogP contribution in [0, 0.1) is 0 Å². The van der Waals surface area contributed by atoms with E-state index in [1.165, 1.54) is 0 Å². The average molecular weight is 238 g/mol. The van der Waals surface area contributed by atoms with E-state index in [1.807, 2.05) is 6.92 Å². The van der Waals surface area contributed by atoms with Gasteiger partial charge in [-0.2, -0.15) is 0 Å². The Morgan fingerprint density at radius 3 is 1.15 bits per heavy atom. The molecule has 0 bridgehead atoms. The first-order chi connectivity index (χ1) is 5.73. The molecule has 7 nitrogen and oxygen atoms in total. The summed E-state index contributed by atoms with van der Waals surface area (Å²) in [5.41, 5.74) is 0. The molecule has 9 heteroatoms. The Labute approximate surface area is 77.6 Å². The van der Waals surface area contributed by atoms with Gasteiger partial charge < -0.3 is 24.7 Å². The molecule has 0 aliphatic carbocycles. The molecule has 0 aliphatic heterocycles. The van der Waals surface area contributed by atoms with Crippen LogP contribution in [0.15, 0.2) is 0 Å². The van der Waals surface area contributed by atoms with Crippen molar-refractivity contribution in [2.24, 2.45) is 0 Å². The van der Waals surface area contributed by atoms with E-state index in [2.05, 4.69) is 0 Å². The van der Waals surface area contributed by atoms with Crippen molar-refractivity contribution in [1.29, 1.82) is 0 Å². The molecule has 0 saturated carbocycles. The van der Waals surface area contributed by atoms with E-state index in [9.17, 15) is 0 Å². The Kier molecular flexibility index (Phi) is 21.5. The smallest absolute Gasteiger partial charge is 0.314 e. The summed E-state index contributed by atoms with van der Waals surface area (Å²) < 4.78 is 17.5. The van der Waals surface area contributed by atoms with Gasteiger partial charge in [-0.05, 0) is 13.3 Å². The second-order valence-corrected chi connectivity index (χ2v) is 2.95. The van der Waals surface area contributed by atoms with Gasteiger partial charge in [-0.15, -0.1) is 0 Å². The van der Waals surface area contributed by atoms with Crippen molar-refractivity contribution < 1.29 is 33.8 Å². The molecule has 0 rings (SSSR count). The number of aliphatic hydroxyl groups is 1. The van der Waals surface area contributed by atoms with Crippen LogP contribution in [0.5, 0.6) is 0 Å². The molecule has 0 heterocycles. The van der Waals surface area contributed by atoms with Crippen molar-refractivity contribution in [3.8, 4) is 0 Å². The van der Waals surface area contributed by atoms with Crippen LogP contribution in [0.4, 0.5) is 0 Å². The predicted molar refractivity (Wildman–Crippen MR) is 48.9 cm³/mol. The summed E-state index contributed by atoms with van der Waals surface area (Å²) in [6, 6.07) is 0. The van der Waals surface area contributed by atoms with Gasteiger partial charge in [-0.1, -0.05) is 6.92 Å². The second kappa shape index (κ2) is 14.8. The van der Waals surface area contributed by atoms with Crippen LogP contribution in [-0.4, -0.2) is 30.8 Å². The van der Waals surface area contributed by atoms with Crippen molar-refractivity contribution in [3.63, 3.8) is 0 Å². The minimum Gasteiger partial charge on any atom is -0.393 e. The molecule has 13 heavy (non-hydrogen) atoms. The van der Waals surface area contributed by atoms with Crippen LogP contribution in [0.25, 0.3) is 0 Å². The Bertz CT molecular complexity index is 116. The summed E-state index contributed by atoms with van der Waals surface area (Å²) in [4.78, 5) is 28.6. The summed E-state index contributed by atoms with van der Waals surface area (Å²) in [5, 5.41) is 8.36. The fourth-order valence-electron chi connectivity index (χ4n) is 0. The van der Waals surface area contributed by atoms with Crippen LogP contribution in [-0.2, 0) is 9.13 Å². The minimum atomic E-state index is -3.13. The van der Waals surface area contributed by atoms with Crippen molar-refractivity contribution in [2.45, 2.75) is 26.4 Å². The van der Waals surface area contributed by atoms with Gasteiger partial charge in [0, 0.05) is 0 Å². The standard InChI is InChI=1S/C4H10O.2H3O3P/c1-3-4(2)5;2*1-4(2)3/h4-5H,3H2,1-2H3;2*4H,(H2,1,2,3). The number of hydrogen-bond acceptors (Lipinski definition) is 3. The Morgan fingerprint density at radius 2 is 1.15 bits per heavy atom. The van der Waals surface area contributed by atoms with E-state index in [0.29, 0.717) is 0 Å². The maximum absolute atomic E-state index is 8.74. The summed E-state index contributed by atoms with van der Waals surface area (Å²) >= 11 is 0. The molecule has 1 atom stereocenters. The third kappa shape index (κ3) is 253. The molecule has 0 aliphatic rings. The van der Waals surface area contributed by atoms with Crippen molar-refractivity contribution in [3.05, 3.63) is 0 Å². The maximum atomic E-state index is 8.74. The molecule has 0 fully saturated rings. The summed E-state index contributed by atoms with van der Waals surface area (Å²) in [6.07, 6.45) is 0.745. The largest absolute Gasteiger partial charge is 0.393 e. The molecule has 5 N–H and O–H groups in total. The van der Waals surface area contributed by atoms with E-state index >= 15 is 0 Å². The lowest BCUT2D eigenvalue weighted by Gasteiger charge is -1.90. The summed E-state index contributed by atoms with van der Waals surface area (Å²) in [6.45, 7) is 3.73. The highest BCUT2D eigenvalue weighted by molar-refractivity contribution is 7.31. The van der Waals surface area contributed by atoms with Gasteiger partial charge in [-0.25, -0.2) is 0 Å². The maximum Gasteiger partial charge on any atom is 0.314 e. The average Bonchev–Trinajstić information content (AvgIpc) is 1.84. The van der Waals surface area contributed by atoms with E-state index in [-0.39, 0.29) is 6.10 Å². The molecule has 0 aromatic carbocycles. The topological polar surface area (TPSA) is 135 Å². The SMILES string of the molecule is CCC(C)O.O=[PH](O)O.O=[PH](O)O. The minimum absolute atomic E-state index is 0.116.